The second-order valence-electron chi connectivity index (χ2n) is 4.36. The van der Waals surface area contributed by atoms with Crippen LogP contribution >= 0.6 is 0 Å². The molecule has 3 N–H and O–H groups in total. The predicted molar refractivity (Wildman–Crippen MR) is 70.5 cm³/mol. The Kier molecular flexibility index (Phi) is 6.00. The van der Waals surface area contributed by atoms with Crippen molar-refractivity contribution in [2.45, 2.75) is 31.4 Å². The van der Waals surface area contributed by atoms with Gasteiger partial charge in [-0.2, -0.15) is 0 Å². The number of nitrogens with two attached hydrogens (primary N) is 1. The van der Waals surface area contributed by atoms with Crippen LogP contribution < -0.4 is 10.5 Å². The molecule has 0 spiro atoms. The van der Waals surface area contributed by atoms with Gasteiger partial charge in [0.25, 0.3) is 0 Å². The highest BCUT2D eigenvalue weighted by atomic mass is 32.2. The molecule has 0 atom stereocenters. The third-order valence-electron chi connectivity index (χ3n) is 2.49. The van der Waals surface area contributed by atoms with Gasteiger partial charge in [0.1, 0.15) is 10.7 Å². The molecule has 0 aliphatic heterocycles. The summed E-state index contributed by atoms with van der Waals surface area (Å²) >= 11 is 0. The first-order chi connectivity index (χ1) is 9.29. The predicted octanol–water partition coefficient (Wildman–Crippen LogP) is 1.13. The van der Waals surface area contributed by atoms with Crippen LogP contribution in [0.5, 0.6) is 0 Å². The summed E-state index contributed by atoms with van der Waals surface area (Å²) in [4.78, 5) is -0.621. The van der Waals surface area contributed by atoms with Crippen molar-refractivity contribution in [3.05, 3.63) is 29.3 Å². The molecule has 0 saturated heterocycles. The average molecular weight is 308 g/mol. The van der Waals surface area contributed by atoms with E-state index in [2.05, 4.69) is 4.72 Å². The zero-order chi connectivity index (χ0) is 15.3. The highest BCUT2D eigenvalue weighted by Crippen LogP contribution is 2.20. The molecule has 0 unspecified atom stereocenters. The van der Waals surface area contributed by atoms with E-state index in [0.717, 1.165) is 12.1 Å². The van der Waals surface area contributed by atoms with Crippen molar-refractivity contribution in [1.29, 1.82) is 0 Å². The van der Waals surface area contributed by atoms with Crippen molar-refractivity contribution < 1.29 is 21.9 Å². The second-order valence-corrected chi connectivity index (χ2v) is 6.09. The highest BCUT2D eigenvalue weighted by molar-refractivity contribution is 7.89. The summed E-state index contributed by atoms with van der Waals surface area (Å²) in [6.45, 7) is 3.35. The maximum absolute atomic E-state index is 13.9. The Morgan fingerprint density at radius 1 is 1.35 bits per heavy atom. The lowest BCUT2D eigenvalue weighted by atomic mass is 10.2. The second kappa shape index (κ2) is 7.07. The summed E-state index contributed by atoms with van der Waals surface area (Å²) in [7, 11) is -4.07. The highest BCUT2D eigenvalue weighted by Gasteiger charge is 2.22. The van der Waals surface area contributed by atoms with Gasteiger partial charge in [-0.1, -0.05) is 0 Å². The summed E-state index contributed by atoms with van der Waals surface area (Å²) in [6.07, 6.45) is -0.0362. The summed E-state index contributed by atoms with van der Waals surface area (Å²) < 4.78 is 58.3. The molecule has 20 heavy (non-hydrogen) atoms. The molecule has 0 fully saturated rings. The van der Waals surface area contributed by atoms with E-state index in [1.165, 1.54) is 0 Å². The van der Waals surface area contributed by atoms with E-state index >= 15 is 0 Å². The Morgan fingerprint density at radius 3 is 2.55 bits per heavy atom. The molecule has 8 heteroatoms. The molecule has 0 aromatic heterocycles. The molecule has 0 amide bonds. The van der Waals surface area contributed by atoms with E-state index in [1.54, 1.807) is 0 Å². The zero-order valence-corrected chi connectivity index (χ0v) is 12.1. The number of halogens is 2. The van der Waals surface area contributed by atoms with Crippen LogP contribution in [0.25, 0.3) is 0 Å². The summed E-state index contributed by atoms with van der Waals surface area (Å²) in [6, 6.07) is 1.75. The van der Waals surface area contributed by atoms with Crippen molar-refractivity contribution in [3.8, 4) is 0 Å². The quantitative estimate of drug-likeness (QED) is 0.740. The fourth-order valence-corrected chi connectivity index (χ4v) is 2.63. The van der Waals surface area contributed by atoms with E-state index in [4.69, 9.17) is 10.5 Å². The molecule has 1 aromatic carbocycles. The van der Waals surface area contributed by atoms with Crippen LogP contribution in [0.2, 0.25) is 0 Å². The van der Waals surface area contributed by atoms with Crippen molar-refractivity contribution in [2.75, 3.05) is 13.2 Å². The SMILES string of the molecule is CC(C)OCCNS(=O)(=O)c1ccc(F)c(CN)c1F. The van der Waals surface area contributed by atoms with Gasteiger partial charge in [-0.15, -0.1) is 0 Å². The van der Waals surface area contributed by atoms with Crippen molar-refractivity contribution in [1.82, 2.24) is 4.72 Å². The van der Waals surface area contributed by atoms with Gasteiger partial charge in [0.15, 0.2) is 5.82 Å². The van der Waals surface area contributed by atoms with E-state index in [0.29, 0.717) is 0 Å². The zero-order valence-electron chi connectivity index (χ0n) is 11.3. The number of hydrogen-bond donors (Lipinski definition) is 2. The number of ether oxygens (including phenoxy) is 1. The molecule has 0 radical (unpaired) electrons. The fourth-order valence-electron chi connectivity index (χ4n) is 1.52. The van der Waals surface area contributed by atoms with Gasteiger partial charge in [-0.25, -0.2) is 21.9 Å². The van der Waals surface area contributed by atoms with Crippen LogP contribution in [-0.2, 0) is 21.3 Å². The summed E-state index contributed by atoms with van der Waals surface area (Å²) in [5.74, 6) is -2.03. The lowest BCUT2D eigenvalue weighted by Gasteiger charge is -2.11. The Labute approximate surface area is 117 Å². The lowest BCUT2D eigenvalue weighted by Crippen LogP contribution is -2.29. The molecule has 1 rings (SSSR count). The average Bonchev–Trinajstić information content (AvgIpc) is 2.34. The van der Waals surface area contributed by atoms with Crippen molar-refractivity contribution >= 4 is 10.0 Å². The largest absolute Gasteiger partial charge is 0.377 e. The molecule has 114 valence electrons. The fraction of sp³-hybridized carbons (Fsp3) is 0.500. The van der Waals surface area contributed by atoms with E-state index in [-0.39, 0.29) is 19.3 Å². The molecule has 5 nitrogen and oxygen atoms in total. The number of rotatable bonds is 7. The molecule has 1 aromatic rings. The van der Waals surface area contributed by atoms with Gasteiger partial charge in [0.2, 0.25) is 10.0 Å². The van der Waals surface area contributed by atoms with E-state index in [9.17, 15) is 17.2 Å². The number of nitrogens with one attached hydrogen (secondary N) is 1. The maximum atomic E-state index is 13.9. The molecule has 0 saturated carbocycles. The topological polar surface area (TPSA) is 81.4 Å². The first kappa shape index (κ1) is 17.0. The number of sulfonamides is 1. The van der Waals surface area contributed by atoms with E-state index in [1.807, 2.05) is 13.8 Å². The molecular weight excluding hydrogens is 290 g/mol. The van der Waals surface area contributed by atoms with Crippen LogP contribution in [0.15, 0.2) is 17.0 Å². The minimum atomic E-state index is -4.07. The first-order valence-corrected chi connectivity index (χ1v) is 7.56. The Hall–Kier alpha value is -1.09. The molecule has 0 aliphatic carbocycles. The molecule has 0 heterocycles. The smallest absolute Gasteiger partial charge is 0.243 e. The third-order valence-corrected chi connectivity index (χ3v) is 3.97. The number of benzene rings is 1. The van der Waals surface area contributed by atoms with Gasteiger partial charge in [-0.05, 0) is 26.0 Å². The van der Waals surface area contributed by atoms with Crippen LogP contribution in [0, 0.1) is 11.6 Å². The van der Waals surface area contributed by atoms with Crippen LogP contribution in [0.4, 0.5) is 8.78 Å². The summed E-state index contributed by atoms with van der Waals surface area (Å²) in [5, 5.41) is 0. The lowest BCUT2D eigenvalue weighted by molar-refractivity contribution is 0.0833. The van der Waals surface area contributed by atoms with Gasteiger partial charge in [-0.3, -0.25) is 0 Å². The molecule has 0 aliphatic rings. The monoisotopic (exact) mass is 308 g/mol. The van der Waals surface area contributed by atoms with Gasteiger partial charge >= 0.3 is 0 Å². The Morgan fingerprint density at radius 2 is 2.00 bits per heavy atom. The molecular formula is C12H18F2N2O3S. The maximum Gasteiger partial charge on any atom is 0.243 e. The Bertz CT molecular complexity index is 562. The van der Waals surface area contributed by atoms with Gasteiger partial charge in [0.05, 0.1) is 12.7 Å². The minimum absolute atomic E-state index is 0.00467. The van der Waals surface area contributed by atoms with Crippen molar-refractivity contribution in [3.63, 3.8) is 0 Å². The van der Waals surface area contributed by atoms with Crippen molar-refractivity contribution in [2.24, 2.45) is 5.73 Å². The molecule has 0 bridgehead atoms. The van der Waals surface area contributed by atoms with Gasteiger partial charge in [0, 0.05) is 18.7 Å². The van der Waals surface area contributed by atoms with Crippen LogP contribution in [-0.4, -0.2) is 27.7 Å². The van der Waals surface area contributed by atoms with Crippen LogP contribution in [0.1, 0.15) is 19.4 Å². The van der Waals surface area contributed by atoms with E-state index < -0.39 is 38.7 Å². The first-order valence-electron chi connectivity index (χ1n) is 6.07. The van der Waals surface area contributed by atoms with Gasteiger partial charge < -0.3 is 10.5 Å². The minimum Gasteiger partial charge on any atom is -0.377 e. The van der Waals surface area contributed by atoms with Crippen LogP contribution in [0.3, 0.4) is 0 Å². The third kappa shape index (κ3) is 4.20. The Balaban J connectivity index is 2.88. The summed E-state index contributed by atoms with van der Waals surface area (Å²) in [5.41, 5.74) is 4.75. The number of hydrogen-bond acceptors (Lipinski definition) is 4. The normalized spacial score (nSPS) is 12.1. The standard InChI is InChI=1S/C12H18F2N2O3S/c1-8(2)19-6-5-16-20(17,18)11-4-3-10(13)9(7-15)12(11)14/h3-4,8,16H,5-7,15H2,1-2H3.